The third kappa shape index (κ3) is 5.04. The molecule has 1 aromatic heterocycles. The molecule has 2 saturated heterocycles. The Labute approximate surface area is 183 Å². The number of aromatic nitrogens is 1. The van der Waals surface area contributed by atoms with Crippen LogP contribution in [0.2, 0.25) is 0 Å². The van der Waals surface area contributed by atoms with Crippen molar-refractivity contribution >= 4 is 11.7 Å². The summed E-state index contributed by atoms with van der Waals surface area (Å²) >= 11 is 0. The first kappa shape index (κ1) is 21.3. The molecule has 3 heterocycles. The summed E-state index contributed by atoms with van der Waals surface area (Å²) < 4.78 is 12.3. The summed E-state index contributed by atoms with van der Waals surface area (Å²) in [5.74, 6) is 0.746. The second-order valence-corrected chi connectivity index (χ2v) is 8.54. The van der Waals surface area contributed by atoms with Gasteiger partial charge in [0, 0.05) is 24.8 Å². The molecule has 0 unspecified atom stereocenters. The average molecular weight is 421 g/mol. The minimum Gasteiger partial charge on any atom is -0.377 e. The monoisotopic (exact) mass is 420 g/mol. The summed E-state index contributed by atoms with van der Waals surface area (Å²) in [4.78, 5) is 19.3. The van der Waals surface area contributed by atoms with Gasteiger partial charge in [-0.3, -0.25) is 4.79 Å². The molecule has 0 saturated carbocycles. The van der Waals surface area contributed by atoms with E-state index in [2.05, 4.69) is 22.4 Å². The maximum Gasteiger partial charge on any atom is 0.254 e. The summed E-state index contributed by atoms with van der Waals surface area (Å²) in [6, 6.07) is 11.6. The first-order valence-electron chi connectivity index (χ1n) is 10.7. The molecule has 2 aliphatic rings. The number of rotatable bonds is 4. The summed E-state index contributed by atoms with van der Waals surface area (Å²) in [5, 5.41) is 12.2. The normalized spacial score (nSPS) is 23.4. The van der Waals surface area contributed by atoms with E-state index in [1.165, 1.54) is 0 Å². The zero-order valence-electron chi connectivity index (χ0n) is 18.1. The van der Waals surface area contributed by atoms with Gasteiger partial charge in [-0.1, -0.05) is 17.2 Å². The van der Waals surface area contributed by atoms with Gasteiger partial charge in [-0.15, -0.1) is 0 Å². The van der Waals surface area contributed by atoms with E-state index in [4.69, 9.17) is 14.7 Å². The number of amides is 1. The number of benzene rings is 1. The Balaban J connectivity index is 1.40. The lowest BCUT2D eigenvalue weighted by Crippen LogP contribution is -2.47. The van der Waals surface area contributed by atoms with E-state index < -0.39 is 5.60 Å². The number of aryl methyl sites for hydroxylation is 2. The summed E-state index contributed by atoms with van der Waals surface area (Å²) in [6.07, 6.45) is 3.29. The number of pyridine rings is 1. The summed E-state index contributed by atoms with van der Waals surface area (Å²) in [5.41, 5.74) is 2.95. The summed E-state index contributed by atoms with van der Waals surface area (Å²) in [7, 11) is 0. The van der Waals surface area contributed by atoms with E-state index in [0.717, 1.165) is 29.5 Å². The maximum atomic E-state index is 13.2. The molecule has 0 aliphatic carbocycles. The lowest BCUT2D eigenvalue weighted by molar-refractivity contribution is -0.0802. The topological polar surface area (TPSA) is 87.5 Å². The molecule has 31 heavy (non-hydrogen) atoms. The van der Waals surface area contributed by atoms with Crippen LogP contribution >= 0.6 is 0 Å². The molecule has 4 rings (SSSR count). The van der Waals surface area contributed by atoms with E-state index in [1.54, 1.807) is 18.3 Å². The Morgan fingerprint density at radius 3 is 2.84 bits per heavy atom. The predicted octanol–water partition coefficient (Wildman–Crippen LogP) is 3.07. The van der Waals surface area contributed by atoms with Crippen LogP contribution in [0.15, 0.2) is 36.5 Å². The molecule has 1 N–H and O–H groups in total. The van der Waals surface area contributed by atoms with Crippen molar-refractivity contribution in [2.24, 2.45) is 0 Å². The fourth-order valence-corrected chi connectivity index (χ4v) is 4.40. The van der Waals surface area contributed by atoms with Crippen molar-refractivity contribution in [1.82, 2.24) is 9.88 Å². The minimum atomic E-state index is -0.477. The maximum absolute atomic E-state index is 13.2. The number of hydrogen-bond donors (Lipinski definition) is 1. The van der Waals surface area contributed by atoms with Gasteiger partial charge in [0.1, 0.15) is 17.5 Å². The van der Waals surface area contributed by atoms with Crippen LogP contribution in [0.1, 0.15) is 39.9 Å². The second-order valence-electron chi connectivity index (χ2n) is 8.54. The highest BCUT2D eigenvalue weighted by atomic mass is 16.6. The molecular weight excluding hydrogens is 392 g/mol. The average Bonchev–Trinajstić information content (AvgIpc) is 3.04. The van der Waals surface area contributed by atoms with Crippen LogP contribution in [0.25, 0.3) is 0 Å². The number of nitriles is 1. The molecule has 1 aromatic carbocycles. The van der Waals surface area contributed by atoms with Gasteiger partial charge in [-0.2, -0.15) is 5.26 Å². The van der Waals surface area contributed by atoms with E-state index in [1.807, 2.05) is 30.9 Å². The van der Waals surface area contributed by atoms with Crippen LogP contribution in [0.3, 0.4) is 0 Å². The number of hydrogen-bond acceptors (Lipinski definition) is 6. The standard InChI is InChI=1S/C24H28N4O3/c1-17-9-18(2)11-20(10-17)23(29)28-7-8-30-16-24(15-28)6-5-21(31-24)14-27-22-4-3-19(12-25)13-26-22/h3-4,9-11,13,21H,5-8,14-16H2,1-2H3,(H,26,27)/t21-,24-/m0/s1. The van der Waals surface area contributed by atoms with Gasteiger partial charge in [0.2, 0.25) is 0 Å². The Kier molecular flexibility index (Phi) is 6.21. The van der Waals surface area contributed by atoms with Crippen LogP contribution in [-0.2, 0) is 9.47 Å². The predicted molar refractivity (Wildman–Crippen MR) is 117 cm³/mol. The van der Waals surface area contributed by atoms with Crippen molar-refractivity contribution in [1.29, 1.82) is 5.26 Å². The van der Waals surface area contributed by atoms with Crippen molar-refractivity contribution in [3.05, 3.63) is 58.8 Å². The number of nitrogens with zero attached hydrogens (tertiary/aromatic N) is 3. The fourth-order valence-electron chi connectivity index (χ4n) is 4.40. The van der Waals surface area contributed by atoms with Gasteiger partial charge in [0.15, 0.2) is 0 Å². The Morgan fingerprint density at radius 1 is 1.32 bits per heavy atom. The fraction of sp³-hybridized carbons (Fsp3) is 0.458. The van der Waals surface area contributed by atoms with Gasteiger partial charge in [0.05, 0.1) is 31.4 Å². The highest BCUT2D eigenvalue weighted by molar-refractivity contribution is 5.94. The third-order valence-corrected chi connectivity index (χ3v) is 5.85. The van der Waals surface area contributed by atoms with Crippen LogP contribution < -0.4 is 5.32 Å². The molecule has 2 atom stereocenters. The number of ether oxygens (including phenoxy) is 2. The van der Waals surface area contributed by atoms with Gasteiger partial charge in [0.25, 0.3) is 5.91 Å². The largest absolute Gasteiger partial charge is 0.377 e. The van der Waals surface area contributed by atoms with E-state index in [0.29, 0.717) is 44.2 Å². The van der Waals surface area contributed by atoms with Crippen LogP contribution in [0.4, 0.5) is 5.82 Å². The van der Waals surface area contributed by atoms with E-state index >= 15 is 0 Å². The van der Waals surface area contributed by atoms with Crippen molar-refractivity contribution in [3.63, 3.8) is 0 Å². The number of carbonyl (C=O) groups is 1. The van der Waals surface area contributed by atoms with Crippen molar-refractivity contribution in [3.8, 4) is 6.07 Å². The van der Waals surface area contributed by atoms with Gasteiger partial charge in [-0.05, 0) is 51.0 Å². The SMILES string of the molecule is Cc1cc(C)cc(C(=O)N2CCOC[C@]3(CC[C@@H](CNc4ccc(C#N)cn4)O3)C2)c1. The lowest BCUT2D eigenvalue weighted by atomic mass is 9.99. The van der Waals surface area contributed by atoms with Crippen LogP contribution in [-0.4, -0.2) is 60.3 Å². The number of anilines is 1. The molecule has 2 aromatic rings. The van der Waals surface area contributed by atoms with Gasteiger partial charge >= 0.3 is 0 Å². The molecule has 7 heteroatoms. The smallest absolute Gasteiger partial charge is 0.254 e. The van der Waals surface area contributed by atoms with Gasteiger partial charge in [-0.25, -0.2) is 4.98 Å². The highest BCUT2D eigenvalue weighted by Crippen LogP contribution is 2.33. The molecule has 2 aliphatic heterocycles. The Morgan fingerprint density at radius 2 is 2.13 bits per heavy atom. The van der Waals surface area contributed by atoms with Crippen LogP contribution in [0.5, 0.6) is 0 Å². The first-order valence-corrected chi connectivity index (χ1v) is 10.7. The quantitative estimate of drug-likeness (QED) is 0.818. The third-order valence-electron chi connectivity index (χ3n) is 5.85. The molecule has 0 bridgehead atoms. The molecular formula is C24H28N4O3. The van der Waals surface area contributed by atoms with Crippen molar-refractivity contribution < 1.29 is 14.3 Å². The summed E-state index contributed by atoms with van der Waals surface area (Å²) in [6.45, 7) is 6.74. The molecule has 7 nitrogen and oxygen atoms in total. The van der Waals surface area contributed by atoms with E-state index in [9.17, 15) is 4.79 Å². The van der Waals surface area contributed by atoms with Crippen LogP contribution in [0, 0.1) is 25.2 Å². The Hall–Kier alpha value is -2.95. The zero-order valence-corrected chi connectivity index (χ0v) is 18.1. The first-order chi connectivity index (χ1) is 15.0. The zero-order chi connectivity index (χ0) is 21.8. The molecule has 1 amide bonds. The van der Waals surface area contributed by atoms with Gasteiger partial charge < -0.3 is 19.7 Å². The van der Waals surface area contributed by atoms with Crippen molar-refractivity contribution in [2.75, 3.05) is 38.2 Å². The molecule has 0 radical (unpaired) electrons. The molecule has 1 spiro atoms. The molecule has 2 fully saturated rings. The van der Waals surface area contributed by atoms with Crippen molar-refractivity contribution in [2.45, 2.75) is 38.4 Å². The number of carbonyl (C=O) groups excluding carboxylic acids is 1. The second kappa shape index (κ2) is 9.04. The minimum absolute atomic E-state index is 0.0114. The Bertz CT molecular complexity index is 965. The molecule has 162 valence electrons. The highest BCUT2D eigenvalue weighted by Gasteiger charge is 2.44. The number of nitrogens with one attached hydrogen (secondary N) is 1. The van der Waals surface area contributed by atoms with E-state index in [-0.39, 0.29) is 12.0 Å². The lowest BCUT2D eigenvalue weighted by Gasteiger charge is -2.32.